The fourth-order valence-corrected chi connectivity index (χ4v) is 4.09. The van der Waals surface area contributed by atoms with Crippen molar-refractivity contribution in [3.05, 3.63) is 0 Å². The fourth-order valence-electron chi connectivity index (χ4n) is 1.82. The molecule has 0 radical (unpaired) electrons. The second-order valence-corrected chi connectivity index (χ2v) is 8.12. The Balaban J connectivity index is 3.21. The molecule has 122 valence electrons. The van der Waals surface area contributed by atoms with Crippen molar-refractivity contribution in [2.45, 2.75) is 18.2 Å². The number of nitrogens with two attached hydrogens (primary N) is 1. The highest BCUT2D eigenvalue weighted by Gasteiger charge is 2.30. The van der Waals surface area contributed by atoms with E-state index in [4.69, 9.17) is 5.73 Å². The average Bonchev–Trinajstić information content (AvgIpc) is 2.76. The summed E-state index contributed by atoms with van der Waals surface area (Å²) in [7, 11) is 3.38. The number of rotatable bonds is 8. The number of aromatic nitrogens is 1. The SMILES string of the molecule is CCCN(CCN(C)C)c1snc(N)c1S(=O)(=O)N(C)C. The fraction of sp³-hybridized carbons (Fsp3) is 0.750. The molecule has 0 amide bonds. The highest BCUT2D eigenvalue weighted by Crippen LogP contribution is 2.35. The van der Waals surface area contributed by atoms with Gasteiger partial charge in [-0.25, -0.2) is 12.7 Å². The molecule has 0 bridgehead atoms. The normalized spacial score (nSPS) is 12.3. The zero-order chi connectivity index (χ0) is 16.2. The second kappa shape index (κ2) is 7.39. The second-order valence-electron chi connectivity index (χ2n) is 5.28. The zero-order valence-corrected chi connectivity index (χ0v) is 15.0. The van der Waals surface area contributed by atoms with Crippen LogP contribution in [0.1, 0.15) is 13.3 Å². The minimum Gasteiger partial charge on any atom is -0.382 e. The van der Waals surface area contributed by atoms with Gasteiger partial charge in [-0.1, -0.05) is 6.92 Å². The number of sulfonamides is 1. The molecule has 7 nitrogen and oxygen atoms in total. The van der Waals surface area contributed by atoms with Gasteiger partial charge in [-0.05, 0) is 32.0 Å². The van der Waals surface area contributed by atoms with Crippen LogP contribution >= 0.6 is 11.5 Å². The maximum absolute atomic E-state index is 12.5. The molecule has 1 aromatic rings. The smallest absolute Gasteiger partial charge is 0.249 e. The van der Waals surface area contributed by atoms with E-state index in [0.29, 0.717) is 5.00 Å². The summed E-state index contributed by atoms with van der Waals surface area (Å²) in [4.78, 5) is 4.24. The maximum atomic E-state index is 12.5. The molecule has 0 aromatic carbocycles. The lowest BCUT2D eigenvalue weighted by atomic mass is 10.4. The molecular weight excluding hydrogens is 310 g/mol. The first-order valence-electron chi connectivity index (χ1n) is 6.79. The Morgan fingerprint density at radius 3 is 2.24 bits per heavy atom. The van der Waals surface area contributed by atoms with Gasteiger partial charge in [-0.2, -0.15) is 4.37 Å². The zero-order valence-electron chi connectivity index (χ0n) is 13.3. The van der Waals surface area contributed by atoms with E-state index in [1.54, 1.807) is 0 Å². The Kier molecular flexibility index (Phi) is 6.39. The highest BCUT2D eigenvalue weighted by atomic mass is 32.2. The van der Waals surface area contributed by atoms with E-state index < -0.39 is 10.0 Å². The topological polar surface area (TPSA) is 82.8 Å². The van der Waals surface area contributed by atoms with Crippen molar-refractivity contribution in [2.24, 2.45) is 0 Å². The molecular formula is C12H25N5O2S2. The van der Waals surface area contributed by atoms with Gasteiger partial charge in [0, 0.05) is 33.7 Å². The first-order valence-corrected chi connectivity index (χ1v) is 9.00. The van der Waals surface area contributed by atoms with Crippen LogP contribution in [0.15, 0.2) is 4.90 Å². The molecule has 0 aliphatic heterocycles. The van der Waals surface area contributed by atoms with Gasteiger partial charge in [-0.15, -0.1) is 0 Å². The Bertz CT molecular complexity index is 554. The summed E-state index contributed by atoms with van der Waals surface area (Å²) in [5.41, 5.74) is 5.81. The third-order valence-corrected chi connectivity index (χ3v) is 5.93. The molecule has 0 unspecified atom stereocenters. The molecule has 0 aliphatic carbocycles. The quantitative estimate of drug-likeness (QED) is 0.755. The summed E-state index contributed by atoms with van der Waals surface area (Å²) in [5, 5.41) is 0.630. The molecule has 1 heterocycles. The summed E-state index contributed by atoms with van der Waals surface area (Å²) in [6.45, 7) is 4.40. The third kappa shape index (κ3) is 4.29. The molecule has 2 N–H and O–H groups in total. The Hall–Kier alpha value is -0.900. The molecule has 0 fully saturated rings. The van der Waals surface area contributed by atoms with Crippen LogP contribution in [0.25, 0.3) is 0 Å². The molecule has 0 saturated heterocycles. The lowest BCUT2D eigenvalue weighted by Crippen LogP contribution is -2.33. The number of hydrogen-bond acceptors (Lipinski definition) is 7. The molecule has 0 saturated carbocycles. The number of nitrogen functional groups attached to an aromatic ring is 1. The van der Waals surface area contributed by atoms with Crippen molar-refractivity contribution in [1.82, 2.24) is 13.6 Å². The predicted molar refractivity (Wildman–Crippen MR) is 88.5 cm³/mol. The van der Waals surface area contributed by atoms with Crippen LogP contribution in [0.3, 0.4) is 0 Å². The molecule has 0 spiro atoms. The standard InChI is InChI=1S/C12H25N5O2S2/c1-6-7-17(9-8-15(2)3)12-10(11(13)14-20-12)21(18,19)16(4)5/h6-9H2,1-5H3,(H2,13,14). The van der Waals surface area contributed by atoms with Gasteiger partial charge in [-0.3, -0.25) is 0 Å². The molecule has 0 atom stereocenters. The van der Waals surface area contributed by atoms with Gasteiger partial charge in [0.2, 0.25) is 10.0 Å². The van der Waals surface area contributed by atoms with Gasteiger partial charge in [0.15, 0.2) is 10.7 Å². The maximum Gasteiger partial charge on any atom is 0.249 e. The third-order valence-electron chi connectivity index (χ3n) is 2.99. The summed E-state index contributed by atoms with van der Waals surface area (Å²) in [6, 6.07) is 0. The molecule has 1 rings (SSSR count). The number of likely N-dealkylation sites (N-methyl/N-ethyl adjacent to an activating group) is 1. The summed E-state index contributed by atoms with van der Waals surface area (Å²) < 4.78 is 30.1. The van der Waals surface area contributed by atoms with Crippen molar-refractivity contribution < 1.29 is 8.42 Å². The summed E-state index contributed by atoms with van der Waals surface area (Å²) in [6.07, 6.45) is 0.923. The molecule has 0 aliphatic rings. The van der Waals surface area contributed by atoms with Crippen LogP contribution < -0.4 is 10.6 Å². The first-order chi connectivity index (χ1) is 9.71. The van der Waals surface area contributed by atoms with Gasteiger partial charge in [0.05, 0.1) is 0 Å². The van der Waals surface area contributed by atoms with Crippen molar-refractivity contribution in [3.63, 3.8) is 0 Å². The molecule has 9 heteroatoms. The number of nitrogens with zero attached hydrogens (tertiary/aromatic N) is 4. The largest absolute Gasteiger partial charge is 0.382 e. The number of hydrogen-bond donors (Lipinski definition) is 1. The van der Waals surface area contributed by atoms with E-state index in [1.807, 2.05) is 19.0 Å². The van der Waals surface area contributed by atoms with E-state index in [2.05, 4.69) is 16.2 Å². The van der Waals surface area contributed by atoms with Crippen LogP contribution in [-0.2, 0) is 10.0 Å². The summed E-state index contributed by atoms with van der Waals surface area (Å²) in [5.74, 6) is 0.0784. The van der Waals surface area contributed by atoms with Gasteiger partial charge >= 0.3 is 0 Å². The number of anilines is 2. The predicted octanol–water partition coefficient (Wildman–Crippen LogP) is 0.754. The van der Waals surface area contributed by atoms with Crippen LogP contribution in [-0.4, -0.2) is 69.8 Å². The lowest BCUT2D eigenvalue weighted by Gasteiger charge is -2.25. The van der Waals surface area contributed by atoms with Gasteiger partial charge in [0.1, 0.15) is 5.00 Å². The van der Waals surface area contributed by atoms with Crippen LogP contribution in [0.5, 0.6) is 0 Å². The van der Waals surface area contributed by atoms with Crippen molar-refractivity contribution in [1.29, 1.82) is 0 Å². The van der Waals surface area contributed by atoms with Gasteiger partial charge in [0.25, 0.3) is 0 Å². The van der Waals surface area contributed by atoms with Crippen molar-refractivity contribution in [3.8, 4) is 0 Å². The van der Waals surface area contributed by atoms with E-state index in [1.165, 1.54) is 18.4 Å². The van der Waals surface area contributed by atoms with Gasteiger partial charge < -0.3 is 15.5 Å². The van der Waals surface area contributed by atoms with E-state index in [-0.39, 0.29) is 10.7 Å². The monoisotopic (exact) mass is 335 g/mol. The van der Waals surface area contributed by atoms with Crippen LogP contribution in [0, 0.1) is 0 Å². The van der Waals surface area contributed by atoms with Crippen LogP contribution in [0.4, 0.5) is 10.8 Å². The van der Waals surface area contributed by atoms with E-state index in [9.17, 15) is 8.42 Å². The molecule has 1 aromatic heterocycles. The van der Waals surface area contributed by atoms with Crippen LogP contribution in [0.2, 0.25) is 0 Å². The van der Waals surface area contributed by atoms with E-state index >= 15 is 0 Å². The van der Waals surface area contributed by atoms with Crippen molar-refractivity contribution in [2.75, 3.05) is 58.5 Å². The van der Waals surface area contributed by atoms with E-state index in [0.717, 1.165) is 37.6 Å². The van der Waals surface area contributed by atoms with Crippen molar-refractivity contribution >= 4 is 32.4 Å². The minimum atomic E-state index is -3.60. The Morgan fingerprint density at radius 2 is 1.76 bits per heavy atom. The molecule has 21 heavy (non-hydrogen) atoms. The Labute approximate surface area is 131 Å². The highest BCUT2D eigenvalue weighted by molar-refractivity contribution is 7.89. The minimum absolute atomic E-state index is 0.0784. The lowest BCUT2D eigenvalue weighted by molar-refractivity contribution is 0.413. The first kappa shape index (κ1) is 18.1. The average molecular weight is 335 g/mol. The summed E-state index contributed by atoms with van der Waals surface area (Å²) >= 11 is 1.15. The Morgan fingerprint density at radius 1 is 1.14 bits per heavy atom.